The average molecular weight is 359 g/mol. The van der Waals surface area contributed by atoms with Crippen LogP contribution in [-0.2, 0) is 27.8 Å². The quantitative estimate of drug-likeness (QED) is 0.725. The van der Waals surface area contributed by atoms with Gasteiger partial charge >= 0.3 is 5.97 Å². The molecule has 0 atom stereocenters. The molecular formula is C19H25N3O4. The summed E-state index contributed by atoms with van der Waals surface area (Å²) in [5.74, 6) is -0.289. The van der Waals surface area contributed by atoms with Gasteiger partial charge in [0.25, 0.3) is 11.5 Å². The van der Waals surface area contributed by atoms with E-state index in [0.717, 1.165) is 12.8 Å². The summed E-state index contributed by atoms with van der Waals surface area (Å²) in [6, 6.07) is 7.18. The molecule has 0 aliphatic carbocycles. The third-order valence-electron chi connectivity index (χ3n) is 4.34. The molecule has 0 bridgehead atoms. The predicted octanol–water partition coefficient (Wildman–Crippen LogP) is 1.71. The molecule has 0 unspecified atom stereocenters. The van der Waals surface area contributed by atoms with E-state index in [2.05, 4.69) is 10.3 Å². The lowest BCUT2D eigenvalue weighted by Crippen LogP contribution is -2.36. The third-order valence-corrected chi connectivity index (χ3v) is 4.34. The van der Waals surface area contributed by atoms with Crippen molar-refractivity contribution in [2.24, 2.45) is 7.05 Å². The van der Waals surface area contributed by atoms with Gasteiger partial charge in [0, 0.05) is 19.5 Å². The SMILES string of the molecule is CCC(CC)NC(=O)COC(=O)CCc1nc2ccccc2c(=O)n1C. The molecule has 1 aromatic carbocycles. The van der Waals surface area contributed by atoms with E-state index >= 15 is 0 Å². The first-order valence-corrected chi connectivity index (χ1v) is 8.85. The Kier molecular flexibility index (Phi) is 6.89. The highest BCUT2D eigenvalue weighted by molar-refractivity contribution is 5.81. The number of para-hydroxylation sites is 1. The molecule has 0 saturated heterocycles. The van der Waals surface area contributed by atoms with Crippen molar-refractivity contribution in [1.82, 2.24) is 14.9 Å². The topological polar surface area (TPSA) is 90.3 Å². The van der Waals surface area contributed by atoms with Crippen LogP contribution >= 0.6 is 0 Å². The van der Waals surface area contributed by atoms with Crippen molar-refractivity contribution < 1.29 is 14.3 Å². The van der Waals surface area contributed by atoms with Crippen LogP contribution in [0.5, 0.6) is 0 Å². The maximum absolute atomic E-state index is 12.3. The van der Waals surface area contributed by atoms with Gasteiger partial charge in [0.2, 0.25) is 0 Å². The zero-order valence-corrected chi connectivity index (χ0v) is 15.4. The number of hydrogen-bond donors (Lipinski definition) is 1. The molecule has 2 rings (SSSR count). The minimum Gasteiger partial charge on any atom is -0.456 e. The van der Waals surface area contributed by atoms with Gasteiger partial charge in [-0.15, -0.1) is 0 Å². The fourth-order valence-electron chi connectivity index (χ4n) is 2.68. The standard InChI is InChI=1S/C19H25N3O4/c1-4-13(5-2)20-17(23)12-26-18(24)11-10-16-21-15-9-7-6-8-14(15)19(25)22(16)3/h6-9,13H,4-5,10-12H2,1-3H3,(H,20,23). The van der Waals surface area contributed by atoms with E-state index in [0.29, 0.717) is 16.7 Å². The smallest absolute Gasteiger partial charge is 0.306 e. The Morgan fingerprint density at radius 2 is 1.92 bits per heavy atom. The van der Waals surface area contributed by atoms with E-state index < -0.39 is 5.97 Å². The van der Waals surface area contributed by atoms with Crippen LogP contribution in [0.1, 0.15) is 38.9 Å². The van der Waals surface area contributed by atoms with Crippen LogP contribution in [0.15, 0.2) is 29.1 Å². The Morgan fingerprint density at radius 3 is 2.62 bits per heavy atom. The number of fused-ring (bicyclic) bond motifs is 1. The van der Waals surface area contributed by atoms with Crippen molar-refractivity contribution in [2.75, 3.05) is 6.61 Å². The second-order valence-electron chi connectivity index (χ2n) is 6.15. The predicted molar refractivity (Wildman–Crippen MR) is 98.8 cm³/mol. The van der Waals surface area contributed by atoms with Crippen LogP contribution in [0.25, 0.3) is 10.9 Å². The van der Waals surface area contributed by atoms with Crippen molar-refractivity contribution in [3.8, 4) is 0 Å². The first kappa shape index (κ1) is 19.6. The van der Waals surface area contributed by atoms with Crippen LogP contribution in [-0.4, -0.2) is 34.1 Å². The lowest BCUT2D eigenvalue weighted by atomic mass is 10.2. The summed E-state index contributed by atoms with van der Waals surface area (Å²) < 4.78 is 6.45. The Bertz CT molecular complexity index is 840. The highest BCUT2D eigenvalue weighted by Gasteiger charge is 2.13. The average Bonchev–Trinajstić information content (AvgIpc) is 2.66. The molecule has 0 fully saturated rings. The van der Waals surface area contributed by atoms with E-state index in [4.69, 9.17) is 4.74 Å². The minimum absolute atomic E-state index is 0.0525. The Hall–Kier alpha value is -2.70. The van der Waals surface area contributed by atoms with Crippen LogP contribution in [0.4, 0.5) is 0 Å². The number of ether oxygens (including phenoxy) is 1. The molecule has 0 spiro atoms. The van der Waals surface area contributed by atoms with Crippen molar-refractivity contribution in [3.05, 3.63) is 40.4 Å². The monoisotopic (exact) mass is 359 g/mol. The number of nitrogens with zero attached hydrogens (tertiary/aromatic N) is 2. The molecule has 0 radical (unpaired) electrons. The zero-order chi connectivity index (χ0) is 19.1. The van der Waals surface area contributed by atoms with E-state index in [1.165, 1.54) is 4.57 Å². The van der Waals surface area contributed by atoms with Gasteiger partial charge in [-0.25, -0.2) is 4.98 Å². The van der Waals surface area contributed by atoms with Crippen molar-refractivity contribution in [2.45, 2.75) is 45.6 Å². The number of esters is 1. The summed E-state index contributed by atoms with van der Waals surface area (Å²) in [5.41, 5.74) is 0.451. The molecule has 1 aromatic heterocycles. The van der Waals surface area contributed by atoms with E-state index in [1.807, 2.05) is 19.9 Å². The molecule has 1 amide bonds. The number of aromatic nitrogens is 2. The van der Waals surface area contributed by atoms with Gasteiger partial charge < -0.3 is 10.1 Å². The Morgan fingerprint density at radius 1 is 1.23 bits per heavy atom. The molecule has 140 valence electrons. The number of carbonyl (C=O) groups is 2. The summed E-state index contributed by atoms with van der Waals surface area (Å²) in [5, 5.41) is 3.35. The van der Waals surface area contributed by atoms with E-state index in [-0.39, 0.29) is 37.0 Å². The second kappa shape index (κ2) is 9.12. The van der Waals surface area contributed by atoms with Gasteiger partial charge in [-0.2, -0.15) is 0 Å². The van der Waals surface area contributed by atoms with Gasteiger partial charge in [0.15, 0.2) is 6.61 Å². The highest BCUT2D eigenvalue weighted by atomic mass is 16.5. The zero-order valence-electron chi connectivity index (χ0n) is 15.4. The number of nitrogens with one attached hydrogen (secondary N) is 1. The fourth-order valence-corrected chi connectivity index (χ4v) is 2.68. The lowest BCUT2D eigenvalue weighted by Gasteiger charge is -2.14. The first-order valence-electron chi connectivity index (χ1n) is 8.85. The number of amides is 1. The third kappa shape index (κ3) is 4.91. The summed E-state index contributed by atoms with van der Waals surface area (Å²) in [4.78, 5) is 40.4. The summed E-state index contributed by atoms with van der Waals surface area (Å²) in [7, 11) is 1.63. The summed E-state index contributed by atoms with van der Waals surface area (Å²) in [6.07, 6.45) is 1.98. The fraction of sp³-hybridized carbons (Fsp3) is 0.474. The molecule has 1 N–H and O–H groups in total. The largest absolute Gasteiger partial charge is 0.456 e. The van der Waals surface area contributed by atoms with Gasteiger partial charge in [-0.1, -0.05) is 26.0 Å². The molecule has 0 saturated carbocycles. The normalized spacial score (nSPS) is 10.9. The van der Waals surface area contributed by atoms with Crippen LogP contribution < -0.4 is 10.9 Å². The lowest BCUT2D eigenvalue weighted by molar-refractivity contribution is -0.148. The van der Waals surface area contributed by atoms with Gasteiger partial charge in [-0.05, 0) is 25.0 Å². The van der Waals surface area contributed by atoms with E-state index in [1.54, 1.807) is 25.2 Å². The van der Waals surface area contributed by atoms with Crippen LogP contribution in [0, 0.1) is 0 Å². The highest BCUT2D eigenvalue weighted by Crippen LogP contribution is 2.08. The number of carbonyl (C=O) groups excluding carboxylic acids is 2. The van der Waals surface area contributed by atoms with Crippen molar-refractivity contribution in [1.29, 1.82) is 0 Å². The molecule has 7 heteroatoms. The summed E-state index contributed by atoms with van der Waals surface area (Å²) in [6.45, 7) is 3.68. The number of aryl methyl sites for hydroxylation is 1. The molecule has 1 heterocycles. The number of rotatable bonds is 8. The van der Waals surface area contributed by atoms with Crippen molar-refractivity contribution in [3.63, 3.8) is 0 Å². The summed E-state index contributed by atoms with van der Waals surface area (Å²) >= 11 is 0. The van der Waals surface area contributed by atoms with Crippen molar-refractivity contribution >= 4 is 22.8 Å². The van der Waals surface area contributed by atoms with Crippen LogP contribution in [0.3, 0.4) is 0 Å². The molecule has 7 nitrogen and oxygen atoms in total. The van der Waals surface area contributed by atoms with Gasteiger partial charge in [0.1, 0.15) is 5.82 Å². The maximum Gasteiger partial charge on any atom is 0.306 e. The molecular weight excluding hydrogens is 334 g/mol. The number of benzene rings is 1. The molecule has 0 aliphatic heterocycles. The number of hydrogen-bond acceptors (Lipinski definition) is 5. The molecule has 26 heavy (non-hydrogen) atoms. The van der Waals surface area contributed by atoms with E-state index in [9.17, 15) is 14.4 Å². The second-order valence-corrected chi connectivity index (χ2v) is 6.15. The Balaban J connectivity index is 1.91. The molecule has 2 aromatic rings. The van der Waals surface area contributed by atoms with Gasteiger partial charge in [-0.3, -0.25) is 19.0 Å². The molecule has 0 aliphatic rings. The minimum atomic E-state index is -0.493. The van der Waals surface area contributed by atoms with Crippen LogP contribution in [0.2, 0.25) is 0 Å². The van der Waals surface area contributed by atoms with Gasteiger partial charge in [0.05, 0.1) is 17.3 Å². The first-order chi connectivity index (χ1) is 12.5. The Labute approximate surface area is 152 Å². The maximum atomic E-state index is 12.3.